The fourth-order valence-electron chi connectivity index (χ4n) is 5.33. The summed E-state index contributed by atoms with van der Waals surface area (Å²) >= 11 is 0. The molecule has 1 fully saturated rings. The third-order valence-electron chi connectivity index (χ3n) is 7.75. The smallest absolute Gasteiger partial charge is 0.323 e. The van der Waals surface area contributed by atoms with Gasteiger partial charge in [-0.1, -0.05) is 130 Å². The quantitative estimate of drug-likeness (QED) is 0.125. The molecule has 1 rings (SSSR count). The van der Waals surface area contributed by atoms with E-state index in [1.165, 1.54) is 89.9 Å². The Hall–Kier alpha value is -0.610. The number of esters is 1. The van der Waals surface area contributed by atoms with Gasteiger partial charge in [0, 0.05) is 13.1 Å². The van der Waals surface area contributed by atoms with Crippen LogP contribution in [0, 0.1) is 5.92 Å². The summed E-state index contributed by atoms with van der Waals surface area (Å²) in [4.78, 5) is 15.1. The van der Waals surface area contributed by atoms with Crippen LogP contribution in [0.2, 0.25) is 0 Å². The Morgan fingerprint density at radius 2 is 1.32 bits per heavy atom. The van der Waals surface area contributed by atoms with Gasteiger partial charge >= 0.3 is 5.97 Å². The first-order chi connectivity index (χ1) is 16.5. The molecule has 0 aromatic rings. The normalized spacial score (nSPS) is 20.9. The first kappa shape index (κ1) is 31.4. The van der Waals surface area contributed by atoms with Crippen LogP contribution in [-0.4, -0.2) is 47.3 Å². The van der Waals surface area contributed by atoms with E-state index in [2.05, 4.69) is 32.6 Å². The van der Waals surface area contributed by atoms with Crippen molar-refractivity contribution in [2.45, 2.75) is 168 Å². The molecule has 0 amide bonds. The summed E-state index contributed by atoms with van der Waals surface area (Å²) in [6, 6.07) is -0.201. The van der Waals surface area contributed by atoms with Crippen LogP contribution >= 0.6 is 0 Å². The van der Waals surface area contributed by atoms with E-state index in [1.54, 1.807) is 0 Å². The molecule has 1 aliphatic heterocycles. The minimum absolute atomic E-state index is 0.0109. The second-order valence-electron chi connectivity index (χ2n) is 11.0. The van der Waals surface area contributed by atoms with Crippen molar-refractivity contribution in [3.8, 4) is 0 Å². The summed E-state index contributed by atoms with van der Waals surface area (Å²) in [6.07, 6.45) is 23.0. The van der Waals surface area contributed by atoms with Gasteiger partial charge in [-0.15, -0.1) is 0 Å². The van der Waals surface area contributed by atoms with Crippen molar-refractivity contribution < 1.29 is 14.6 Å². The summed E-state index contributed by atoms with van der Waals surface area (Å²) in [5.41, 5.74) is 0. The Bertz CT molecular complexity index is 482. The van der Waals surface area contributed by atoms with E-state index in [9.17, 15) is 9.90 Å². The number of carbonyl (C=O) groups excluding carboxylic acids is 1. The summed E-state index contributed by atoms with van der Waals surface area (Å²) in [5.74, 6) is 0.191. The molecule has 34 heavy (non-hydrogen) atoms. The van der Waals surface area contributed by atoms with Gasteiger partial charge in [-0.3, -0.25) is 9.69 Å². The van der Waals surface area contributed by atoms with Gasteiger partial charge in [0.15, 0.2) is 0 Å². The Morgan fingerprint density at radius 1 is 0.824 bits per heavy atom. The molecule has 1 N–H and O–H groups in total. The standard InChI is InChI=1S/C30H59NO3/c1-5-8-10-12-14-16-18-20-22-27(32)24-31-25-28(34-30(33)29(31)26(4)7-3)23-21-19-17-15-13-11-9-6-2/h26-29,32H,5-25H2,1-4H3. The van der Waals surface area contributed by atoms with Crippen LogP contribution in [0.4, 0.5) is 0 Å². The molecule has 0 saturated carbocycles. The van der Waals surface area contributed by atoms with Gasteiger partial charge in [0.1, 0.15) is 12.1 Å². The van der Waals surface area contributed by atoms with Gasteiger partial charge in [0.05, 0.1) is 6.10 Å². The number of rotatable bonds is 22. The van der Waals surface area contributed by atoms with Gasteiger partial charge in [-0.2, -0.15) is 0 Å². The van der Waals surface area contributed by atoms with Gasteiger partial charge in [-0.05, 0) is 25.2 Å². The predicted molar refractivity (Wildman–Crippen MR) is 145 cm³/mol. The lowest BCUT2D eigenvalue weighted by Crippen LogP contribution is -2.57. The third kappa shape index (κ3) is 14.1. The number of ether oxygens (including phenoxy) is 1. The van der Waals surface area contributed by atoms with E-state index < -0.39 is 0 Å². The van der Waals surface area contributed by atoms with Crippen LogP contribution in [0.25, 0.3) is 0 Å². The maximum Gasteiger partial charge on any atom is 0.323 e. The minimum Gasteiger partial charge on any atom is -0.460 e. The highest BCUT2D eigenvalue weighted by Gasteiger charge is 2.39. The second kappa shape index (κ2) is 20.6. The molecule has 202 valence electrons. The molecule has 0 spiro atoms. The number of unbranched alkanes of at least 4 members (excludes halogenated alkanes) is 14. The second-order valence-corrected chi connectivity index (χ2v) is 11.0. The molecule has 4 nitrogen and oxygen atoms in total. The third-order valence-corrected chi connectivity index (χ3v) is 7.75. The highest BCUT2D eigenvalue weighted by molar-refractivity contribution is 5.77. The van der Waals surface area contributed by atoms with E-state index >= 15 is 0 Å². The number of nitrogens with zero attached hydrogens (tertiary/aromatic N) is 1. The van der Waals surface area contributed by atoms with Crippen LogP contribution in [0.1, 0.15) is 150 Å². The number of carbonyl (C=O) groups is 1. The zero-order valence-electron chi connectivity index (χ0n) is 23.4. The van der Waals surface area contributed by atoms with Gasteiger partial charge in [0.2, 0.25) is 0 Å². The van der Waals surface area contributed by atoms with Crippen molar-refractivity contribution in [1.29, 1.82) is 0 Å². The molecule has 4 atom stereocenters. The molecular formula is C30H59NO3. The molecule has 0 aromatic heterocycles. The number of hydrogen-bond acceptors (Lipinski definition) is 4. The van der Waals surface area contributed by atoms with Crippen LogP contribution in [-0.2, 0) is 9.53 Å². The average molecular weight is 482 g/mol. The molecule has 1 heterocycles. The Morgan fingerprint density at radius 3 is 1.85 bits per heavy atom. The van der Waals surface area contributed by atoms with E-state index in [0.717, 1.165) is 38.6 Å². The lowest BCUT2D eigenvalue weighted by atomic mass is 9.94. The predicted octanol–water partition coefficient (Wildman–Crippen LogP) is 8.05. The zero-order valence-corrected chi connectivity index (χ0v) is 23.4. The van der Waals surface area contributed by atoms with E-state index in [4.69, 9.17) is 4.74 Å². The maximum absolute atomic E-state index is 12.9. The highest BCUT2D eigenvalue weighted by atomic mass is 16.5. The van der Waals surface area contributed by atoms with Crippen molar-refractivity contribution in [2.75, 3.05) is 13.1 Å². The monoisotopic (exact) mass is 481 g/mol. The van der Waals surface area contributed by atoms with Crippen molar-refractivity contribution in [1.82, 2.24) is 4.90 Å². The van der Waals surface area contributed by atoms with E-state index in [0.29, 0.717) is 6.54 Å². The largest absolute Gasteiger partial charge is 0.460 e. The molecule has 4 unspecified atom stereocenters. The molecule has 4 heteroatoms. The van der Waals surface area contributed by atoms with Crippen molar-refractivity contribution in [3.63, 3.8) is 0 Å². The van der Waals surface area contributed by atoms with Crippen molar-refractivity contribution >= 4 is 5.97 Å². The molecule has 0 radical (unpaired) electrons. The maximum atomic E-state index is 12.9. The molecule has 0 aromatic carbocycles. The van der Waals surface area contributed by atoms with Crippen LogP contribution in [0.3, 0.4) is 0 Å². The van der Waals surface area contributed by atoms with Crippen molar-refractivity contribution in [3.05, 3.63) is 0 Å². The van der Waals surface area contributed by atoms with Gasteiger partial charge in [-0.25, -0.2) is 0 Å². The average Bonchev–Trinajstić information content (AvgIpc) is 2.82. The SMILES string of the molecule is CCCCCCCCCCC(O)CN1CC(CCCCCCCCCC)OC(=O)C1C(C)CC. The fraction of sp³-hybridized carbons (Fsp3) is 0.967. The Kier molecular flexibility index (Phi) is 19.0. The number of aliphatic hydroxyl groups is 1. The number of aliphatic hydroxyl groups excluding tert-OH is 1. The summed E-state index contributed by atoms with van der Waals surface area (Å²) in [6.45, 7) is 10.2. The van der Waals surface area contributed by atoms with Crippen LogP contribution in [0.15, 0.2) is 0 Å². The number of β-amino-alcohol motifs (C(OH)–C–C–N with tert-alkyl or cyclic N) is 1. The molecule has 0 bridgehead atoms. The summed E-state index contributed by atoms with van der Waals surface area (Å²) in [5, 5.41) is 10.8. The molecule has 1 saturated heterocycles. The molecule has 0 aliphatic carbocycles. The highest BCUT2D eigenvalue weighted by Crippen LogP contribution is 2.25. The topological polar surface area (TPSA) is 49.8 Å². The lowest BCUT2D eigenvalue weighted by Gasteiger charge is -2.41. The number of cyclic esters (lactones) is 1. The first-order valence-corrected chi connectivity index (χ1v) is 15.2. The number of hydrogen-bond donors (Lipinski definition) is 1. The summed E-state index contributed by atoms with van der Waals surface area (Å²) < 4.78 is 5.88. The molecular weight excluding hydrogens is 422 g/mol. The van der Waals surface area contributed by atoms with E-state index in [1.807, 2.05) is 0 Å². The zero-order chi connectivity index (χ0) is 25.0. The van der Waals surface area contributed by atoms with Gasteiger partial charge < -0.3 is 9.84 Å². The Labute approximate surface area is 212 Å². The van der Waals surface area contributed by atoms with Gasteiger partial charge in [0.25, 0.3) is 0 Å². The van der Waals surface area contributed by atoms with E-state index in [-0.39, 0.29) is 30.1 Å². The van der Waals surface area contributed by atoms with Crippen LogP contribution < -0.4 is 0 Å². The lowest BCUT2D eigenvalue weighted by molar-refractivity contribution is -0.171. The number of morpholine rings is 1. The Balaban J connectivity index is 2.37. The molecule has 1 aliphatic rings. The first-order valence-electron chi connectivity index (χ1n) is 15.2. The minimum atomic E-state index is -0.346. The fourth-order valence-corrected chi connectivity index (χ4v) is 5.33. The van der Waals surface area contributed by atoms with Crippen LogP contribution in [0.5, 0.6) is 0 Å². The summed E-state index contributed by atoms with van der Waals surface area (Å²) in [7, 11) is 0. The van der Waals surface area contributed by atoms with Crippen molar-refractivity contribution in [2.24, 2.45) is 5.92 Å².